The standard InChI is InChI=1S/C21H29N5O/c1-16(2)25(3)15-17-10-13-26(14-11-17)21(27)24-20-22-12-9-19(23-20)18-7-5-4-6-8-18/h4-9,12,16-17H,10-11,13-15H2,1-3H3,(H,22,23,24,27). The fraction of sp³-hybridized carbons (Fsp3) is 0.476. The van der Waals surface area contributed by atoms with E-state index in [0.29, 0.717) is 17.9 Å². The lowest BCUT2D eigenvalue weighted by molar-refractivity contribution is 0.153. The predicted octanol–water partition coefficient (Wildman–Crippen LogP) is 3.73. The molecule has 0 aliphatic carbocycles. The van der Waals surface area contributed by atoms with Crippen LogP contribution in [0.15, 0.2) is 42.6 Å². The Morgan fingerprint density at radius 1 is 1.22 bits per heavy atom. The molecule has 2 heterocycles. The van der Waals surface area contributed by atoms with Crippen molar-refractivity contribution < 1.29 is 4.79 Å². The van der Waals surface area contributed by atoms with Gasteiger partial charge in [0.1, 0.15) is 0 Å². The van der Waals surface area contributed by atoms with E-state index in [-0.39, 0.29) is 6.03 Å². The van der Waals surface area contributed by atoms with Gasteiger partial charge < -0.3 is 9.80 Å². The Balaban J connectivity index is 1.54. The van der Waals surface area contributed by atoms with Gasteiger partial charge >= 0.3 is 6.03 Å². The summed E-state index contributed by atoms with van der Waals surface area (Å²) in [6, 6.07) is 12.2. The molecular weight excluding hydrogens is 338 g/mol. The normalized spacial score (nSPS) is 15.4. The number of hydrogen-bond donors (Lipinski definition) is 1. The maximum atomic E-state index is 12.6. The van der Waals surface area contributed by atoms with Crippen LogP contribution in [0.25, 0.3) is 11.3 Å². The number of carbonyl (C=O) groups excluding carboxylic acids is 1. The minimum atomic E-state index is -0.115. The van der Waals surface area contributed by atoms with Crippen molar-refractivity contribution in [2.24, 2.45) is 5.92 Å². The summed E-state index contributed by atoms with van der Waals surface area (Å²) < 4.78 is 0. The number of benzene rings is 1. The van der Waals surface area contributed by atoms with Crippen molar-refractivity contribution in [1.29, 1.82) is 0 Å². The average Bonchev–Trinajstić information content (AvgIpc) is 2.69. The smallest absolute Gasteiger partial charge is 0.324 e. The van der Waals surface area contributed by atoms with Crippen molar-refractivity contribution in [1.82, 2.24) is 19.8 Å². The zero-order valence-corrected chi connectivity index (χ0v) is 16.4. The summed E-state index contributed by atoms with van der Waals surface area (Å²) in [5.41, 5.74) is 1.81. The van der Waals surface area contributed by atoms with E-state index in [4.69, 9.17) is 0 Å². The Hall–Kier alpha value is -2.47. The highest BCUT2D eigenvalue weighted by Gasteiger charge is 2.24. The van der Waals surface area contributed by atoms with Gasteiger partial charge in [0, 0.05) is 37.4 Å². The van der Waals surface area contributed by atoms with E-state index < -0.39 is 0 Å². The minimum Gasteiger partial charge on any atom is -0.324 e. The van der Waals surface area contributed by atoms with Crippen LogP contribution in [-0.2, 0) is 0 Å². The van der Waals surface area contributed by atoms with Gasteiger partial charge in [-0.15, -0.1) is 0 Å². The molecule has 0 bridgehead atoms. The topological polar surface area (TPSA) is 61.4 Å². The maximum absolute atomic E-state index is 12.6. The van der Waals surface area contributed by atoms with Crippen LogP contribution >= 0.6 is 0 Å². The van der Waals surface area contributed by atoms with E-state index in [1.807, 2.05) is 41.3 Å². The Kier molecular flexibility index (Phi) is 6.40. The van der Waals surface area contributed by atoms with Gasteiger partial charge in [0.15, 0.2) is 0 Å². The van der Waals surface area contributed by atoms with Crippen LogP contribution < -0.4 is 5.32 Å². The number of piperidine rings is 1. The van der Waals surface area contributed by atoms with Gasteiger partial charge in [-0.1, -0.05) is 30.3 Å². The molecule has 2 aromatic rings. The lowest BCUT2D eigenvalue weighted by Crippen LogP contribution is -2.43. The molecule has 1 aromatic carbocycles. The molecule has 1 N–H and O–H groups in total. The first kappa shape index (κ1) is 19.3. The summed E-state index contributed by atoms with van der Waals surface area (Å²) in [5.74, 6) is 1.00. The van der Waals surface area contributed by atoms with Crippen molar-refractivity contribution in [2.75, 3.05) is 32.0 Å². The van der Waals surface area contributed by atoms with Crippen LogP contribution in [-0.4, -0.2) is 58.5 Å². The van der Waals surface area contributed by atoms with Crippen molar-refractivity contribution in [2.45, 2.75) is 32.7 Å². The van der Waals surface area contributed by atoms with E-state index in [1.54, 1.807) is 6.20 Å². The highest BCUT2D eigenvalue weighted by molar-refractivity contribution is 5.87. The molecule has 1 aliphatic rings. The SMILES string of the molecule is CC(C)N(C)CC1CCN(C(=O)Nc2nccc(-c3ccccc3)n2)CC1. The third-order valence-corrected chi connectivity index (χ3v) is 5.27. The summed E-state index contributed by atoms with van der Waals surface area (Å²) in [6.45, 7) is 7.08. The van der Waals surface area contributed by atoms with E-state index in [0.717, 1.165) is 43.7 Å². The molecule has 0 atom stereocenters. The molecule has 0 spiro atoms. The van der Waals surface area contributed by atoms with E-state index >= 15 is 0 Å². The largest absolute Gasteiger partial charge is 0.324 e. The van der Waals surface area contributed by atoms with Crippen molar-refractivity contribution in [3.05, 3.63) is 42.6 Å². The highest BCUT2D eigenvalue weighted by atomic mass is 16.2. The van der Waals surface area contributed by atoms with Gasteiger partial charge in [0.2, 0.25) is 5.95 Å². The minimum absolute atomic E-state index is 0.115. The second-order valence-corrected chi connectivity index (χ2v) is 7.53. The first-order chi connectivity index (χ1) is 13.0. The molecule has 3 rings (SSSR count). The molecule has 2 amide bonds. The average molecular weight is 367 g/mol. The van der Waals surface area contributed by atoms with Gasteiger partial charge in [-0.25, -0.2) is 14.8 Å². The molecule has 1 aromatic heterocycles. The molecule has 0 unspecified atom stereocenters. The number of aromatic nitrogens is 2. The number of amides is 2. The first-order valence-electron chi connectivity index (χ1n) is 9.67. The monoisotopic (exact) mass is 367 g/mol. The summed E-state index contributed by atoms with van der Waals surface area (Å²) in [5, 5.41) is 2.85. The number of urea groups is 1. The number of hydrogen-bond acceptors (Lipinski definition) is 4. The quantitative estimate of drug-likeness (QED) is 0.875. The number of nitrogens with one attached hydrogen (secondary N) is 1. The van der Waals surface area contributed by atoms with Crippen molar-refractivity contribution >= 4 is 12.0 Å². The van der Waals surface area contributed by atoms with E-state index in [9.17, 15) is 4.79 Å². The Morgan fingerprint density at radius 3 is 2.59 bits per heavy atom. The fourth-order valence-corrected chi connectivity index (χ4v) is 3.30. The first-order valence-corrected chi connectivity index (χ1v) is 9.67. The summed E-state index contributed by atoms with van der Waals surface area (Å²) in [7, 11) is 2.17. The van der Waals surface area contributed by atoms with Crippen LogP contribution in [0.1, 0.15) is 26.7 Å². The van der Waals surface area contributed by atoms with Crippen molar-refractivity contribution in [3.63, 3.8) is 0 Å². The zero-order chi connectivity index (χ0) is 19.2. The van der Waals surface area contributed by atoms with Gasteiger partial charge in [-0.3, -0.25) is 5.32 Å². The van der Waals surface area contributed by atoms with Crippen LogP contribution in [0.2, 0.25) is 0 Å². The van der Waals surface area contributed by atoms with Crippen LogP contribution in [0, 0.1) is 5.92 Å². The second-order valence-electron chi connectivity index (χ2n) is 7.53. The molecule has 1 saturated heterocycles. The number of rotatable bonds is 5. The molecular formula is C21H29N5O. The van der Waals surface area contributed by atoms with Gasteiger partial charge in [-0.2, -0.15) is 0 Å². The molecule has 144 valence electrons. The molecule has 0 saturated carbocycles. The van der Waals surface area contributed by atoms with E-state index in [2.05, 4.69) is 41.1 Å². The molecule has 27 heavy (non-hydrogen) atoms. The summed E-state index contributed by atoms with van der Waals surface area (Å²) in [4.78, 5) is 25.5. The third-order valence-electron chi connectivity index (χ3n) is 5.27. The van der Waals surface area contributed by atoms with Gasteiger partial charge in [-0.05, 0) is 45.7 Å². The second kappa shape index (κ2) is 8.95. The number of carbonyl (C=O) groups is 1. The van der Waals surface area contributed by atoms with Gasteiger partial charge in [0.05, 0.1) is 5.69 Å². The van der Waals surface area contributed by atoms with E-state index in [1.165, 1.54) is 0 Å². The van der Waals surface area contributed by atoms with Crippen LogP contribution in [0.4, 0.5) is 10.7 Å². The Bertz CT molecular complexity index is 741. The highest BCUT2D eigenvalue weighted by Crippen LogP contribution is 2.20. The molecule has 6 nitrogen and oxygen atoms in total. The Morgan fingerprint density at radius 2 is 1.93 bits per heavy atom. The summed E-state index contributed by atoms with van der Waals surface area (Å²) in [6.07, 6.45) is 3.75. The maximum Gasteiger partial charge on any atom is 0.324 e. The Labute approximate surface area is 161 Å². The number of anilines is 1. The predicted molar refractivity (Wildman–Crippen MR) is 109 cm³/mol. The molecule has 1 aliphatic heterocycles. The molecule has 1 fully saturated rings. The lowest BCUT2D eigenvalue weighted by Gasteiger charge is -2.34. The number of nitrogens with zero attached hydrogens (tertiary/aromatic N) is 4. The zero-order valence-electron chi connectivity index (χ0n) is 16.4. The lowest BCUT2D eigenvalue weighted by atomic mass is 9.96. The summed E-state index contributed by atoms with van der Waals surface area (Å²) >= 11 is 0. The van der Waals surface area contributed by atoms with Crippen LogP contribution in [0.5, 0.6) is 0 Å². The van der Waals surface area contributed by atoms with Crippen LogP contribution in [0.3, 0.4) is 0 Å². The number of likely N-dealkylation sites (tertiary alicyclic amines) is 1. The molecule has 0 radical (unpaired) electrons. The van der Waals surface area contributed by atoms with Crippen molar-refractivity contribution in [3.8, 4) is 11.3 Å². The third kappa shape index (κ3) is 5.26. The fourth-order valence-electron chi connectivity index (χ4n) is 3.30. The molecule has 6 heteroatoms. The van der Waals surface area contributed by atoms with Gasteiger partial charge in [0.25, 0.3) is 0 Å².